The largest absolute Gasteiger partial charge is 0.310 e. The van der Waals surface area contributed by atoms with Gasteiger partial charge in [0.25, 0.3) is 0 Å². The fraction of sp³-hybridized carbons (Fsp3) is 0.333. The van der Waals surface area contributed by atoms with E-state index in [9.17, 15) is 4.39 Å². The van der Waals surface area contributed by atoms with E-state index < -0.39 is 0 Å². The van der Waals surface area contributed by atoms with Gasteiger partial charge in [0.15, 0.2) is 5.82 Å². The fourth-order valence-corrected chi connectivity index (χ4v) is 2.38. The standard InChI is InChI=1S/C12H12BrClFN3/c1-2-5-18-11(7-14)16-17-12(18)9-6-8(15)3-4-10(9)13/h3-4,6H,2,5,7H2,1H3. The summed E-state index contributed by atoms with van der Waals surface area (Å²) in [5, 5.41) is 8.15. The van der Waals surface area contributed by atoms with Crippen molar-refractivity contribution in [2.24, 2.45) is 0 Å². The summed E-state index contributed by atoms with van der Waals surface area (Å²) in [6, 6.07) is 4.50. The lowest BCUT2D eigenvalue weighted by Crippen LogP contribution is -2.04. The molecule has 18 heavy (non-hydrogen) atoms. The Morgan fingerprint density at radius 1 is 1.39 bits per heavy atom. The van der Waals surface area contributed by atoms with E-state index >= 15 is 0 Å². The molecule has 0 unspecified atom stereocenters. The lowest BCUT2D eigenvalue weighted by atomic mass is 10.2. The summed E-state index contributed by atoms with van der Waals surface area (Å²) in [7, 11) is 0. The third-order valence-corrected chi connectivity index (χ3v) is 3.49. The number of alkyl halides is 1. The van der Waals surface area contributed by atoms with Crippen LogP contribution in [0.4, 0.5) is 4.39 Å². The Bertz CT molecular complexity index is 556. The van der Waals surface area contributed by atoms with Crippen molar-refractivity contribution in [3.63, 3.8) is 0 Å². The molecule has 0 aliphatic rings. The van der Waals surface area contributed by atoms with E-state index in [4.69, 9.17) is 11.6 Å². The molecule has 2 aromatic rings. The molecule has 1 aromatic carbocycles. The fourth-order valence-electron chi connectivity index (χ4n) is 1.76. The van der Waals surface area contributed by atoms with E-state index in [-0.39, 0.29) is 5.82 Å². The van der Waals surface area contributed by atoms with E-state index in [1.165, 1.54) is 12.1 Å². The second-order valence-corrected chi connectivity index (χ2v) is 4.97. The van der Waals surface area contributed by atoms with Crippen LogP contribution in [-0.2, 0) is 12.4 Å². The van der Waals surface area contributed by atoms with Crippen molar-refractivity contribution < 1.29 is 4.39 Å². The van der Waals surface area contributed by atoms with Gasteiger partial charge < -0.3 is 4.57 Å². The summed E-state index contributed by atoms with van der Waals surface area (Å²) in [6.07, 6.45) is 0.932. The number of halogens is 3. The molecule has 0 fully saturated rings. The average Bonchev–Trinajstić information content (AvgIpc) is 2.76. The van der Waals surface area contributed by atoms with Crippen LogP contribution in [-0.4, -0.2) is 14.8 Å². The lowest BCUT2D eigenvalue weighted by Gasteiger charge is -2.09. The summed E-state index contributed by atoms with van der Waals surface area (Å²) in [5.74, 6) is 1.33. The van der Waals surface area contributed by atoms with Crippen molar-refractivity contribution in [3.05, 3.63) is 34.3 Å². The van der Waals surface area contributed by atoms with Crippen molar-refractivity contribution in [2.45, 2.75) is 25.8 Å². The molecule has 3 nitrogen and oxygen atoms in total. The summed E-state index contributed by atoms with van der Waals surface area (Å²) in [5.41, 5.74) is 0.687. The van der Waals surface area contributed by atoms with E-state index in [0.29, 0.717) is 23.1 Å². The van der Waals surface area contributed by atoms with Crippen molar-refractivity contribution in [3.8, 4) is 11.4 Å². The molecule has 0 spiro atoms. The predicted octanol–water partition coefficient (Wildman–Crippen LogP) is 4.00. The molecule has 6 heteroatoms. The Morgan fingerprint density at radius 3 is 2.83 bits per heavy atom. The molecule has 0 amide bonds. The van der Waals surface area contributed by atoms with Gasteiger partial charge in [-0.1, -0.05) is 22.9 Å². The third-order valence-electron chi connectivity index (χ3n) is 2.56. The monoisotopic (exact) mass is 331 g/mol. The Labute approximate surface area is 118 Å². The van der Waals surface area contributed by atoms with Gasteiger partial charge in [-0.3, -0.25) is 0 Å². The highest BCUT2D eigenvalue weighted by atomic mass is 79.9. The molecule has 2 rings (SSSR count). The second-order valence-electron chi connectivity index (χ2n) is 3.85. The van der Waals surface area contributed by atoms with E-state index in [0.717, 1.165) is 17.4 Å². The highest BCUT2D eigenvalue weighted by Crippen LogP contribution is 2.28. The first-order valence-corrected chi connectivity index (χ1v) is 6.93. The Hall–Kier alpha value is -0.940. The number of hydrogen-bond acceptors (Lipinski definition) is 2. The molecule has 0 bridgehead atoms. The SMILES string of the molecule is CCCn1c(CCl)nnc1-c1cc(F)ccc1Br. The predicted molar refractivity (Wildman–Crippen MR) is 73.0 cm³/mol. The third kappa shape index (κ3) is 2.57. The zero-order valence-corrected chi connectivity index (χ0v) is 12.2. The number of aromatic nitrogens is 3. The summed E-state index contributed by atoms with van der Waals surface area (Å²) < 4.78 is 16.0. The molecule has 0 aliphatic carbocycles. The zero-order valence-electron chi connectivity index (χ0n) is 9.83. The number of nitrogens with zero attached hydrogens (tertiary/aromatic N) is 3. The molecule has 0 saturated heterocycles. The molecule has 0 aliphatic heterocycles. The molecular formula is C12H12BrClFN3. The van der Waals surface area contributed by atoms with Gasteiger partial charge in [0.2, 0.25) is 0 Å². The minimum absolute atomic E-state index is 0.292. The number of hydrogen-bond donors (Lipinski definition) is 0. The van der Waals surface area contributed by atoms with Gasteiger partial charge in [0.1, 0.15) is 11.6 Å². The number of rotatable bonds is 4. The van der Waals surface area contributed by atoms with Gasteiger partial charge in [0.05, 0.1) is 5.88 Å². The van der Waals surface area contributed by atoms with Gasteiger partial charge >= 0.3 is 0 Å². The lowest BCUT2D eigenvalue weighted by molar-refractivity contribution is 0.626. The van der Waals surface area contributed by atoms with Gasteiger partial charge in [-0.15, -0.1) is 21.8 Å². The highest BCUT2D eigenvalue weighted by Gasteiger charge is 2.15. The summed E-state index contributed by atoms with van der Waals surface area (Å²) in [6.45, 7) is 2.82. The van der Waals surface area contributed by atoms with E-state index in [2.05, 4.69) is 33.1 Å². The van der Waals surface area contributed by atoms with Crippen LogP contribution in [0.5, 0.6) is 0 Å². The van der Waals surface area contributed by atoms with Crippen molar-refractivity contribution in [2.75, 3.05) is 0 Å². The first kappa shape index (κ1) is 13.5. The second kappa shape index (κ2) is 5.80. The Balaban J connectivity index is 2.56. The van der Waals surface area contributed by atoms with E-state index in [1.807, 2.05) is 4.57 Å². The molecule has 0 N–H and O–H groups in total. The maximum absolute atomic E-state index is 13.3. The summed E-state index contributed by atoms with van der Waals surface area (Å²) >= 11 is 9.23. The first-order valence-electron chi connectivity index (χ1n) is 5.60. The van der Waals surface area contributed by atoms with Crippen LogP contribution < -0.4 is 0 Å². The zero-order chi connectivity index (χ0) is 13.1. The van der Waals surface area contributed by atoms with Crippen LogP contribution in [0.1, 0.15) is 19.2 Å². The maximum atomic E-state index is 13.3. The molecule has 96 valence electrons. The molecular weight excluding hydrogens is 321 g/mol. The van der Waals surface area contributed by atoms with Crippen molar-refractivity contribution in [1.82, 2.24) is 14.8 Å². The van der Waals surface area contributed by atoms with Crippen LogP contribution in [0.3, 0.4) is 0 Å². The summed E-state index contributed by atoms with van der Waals surface area (Å²) in [4.78, 5) is 0. The molecule has 1 aromatic heterocycles. The molecule has 1 heterocycles. The van der Waals surface area contributed by atoms with Gasteiger partial charge in [0, 0.05) is 16.6 Å². The Kier molecular flexibility index (Phi) is 4.35. The molecule has 0 radical (unpaired) electrons. The van der Waals surface area contributed by atoms with Crippen LogP contribution in [0, 0.1) is 5.82 Å². The van der Waals surface area contributed by atoms with Crippen LogP contribution in [0.2, 0.25) is 0 Å². The Morgan fingerprint density at radius 2 is 2.17 bits per heavy atom. The van der Waals surface area contributed by atoms with Crippen LogP contribution in [0.15, 0.2) is 22.7 Å². The first-order chi connectivity index (χ1) is 8.67. The smallest absolute Gasteiger partial charge is 0.165 e. The van der Waals surface area contributed by atoms with Crippen LogP contribution >= 0.6 is 27.5 Å². The average molecular weight is 333 g/mol. The minimum atomic E-state index is -0.299. The van der Waals surface area contributed by atoms with Crippen molar-refractivity contribution >= 4 is 27.5 Å². The minimum Gasteiger partial charge on any atom is -0.310 e. The van der Waals surface area contributed by atoms with Crippen molar-refractivity contribution in [1.29, 1.82) is 0 Å². The maximum Gasteiger partial charge on any atom is 0.165 e. The van der Waals surface area contributed by atoms with Gasteiger partial charge in [-0.05, 0) is 24.6 Å². The quantitative estimate of drug-likeness (QED) is 0.792. The highest BCUT2D eigenvalue weighted by molar-refractivity contribution is 9.10. The van der Waals surface area contributed by atoms with Gasteiger partial charge in [-0.2, -0.15) is 0 Å². The topological polar surface area (TPSA) is 30.7 Å². The number of benzene rings is 1. The van der Waals surface area contributed by atoms with Gasteiger partial charge in [-0.25, -0.2) is 4.39 Å². The molecule has 0 atom stereocenters. The normalized spacial score (nSPS) is 10.9. The van der Waals surface area contributed by atoms with Crippen LogP contribution in [0.25, 0.3) is 11.4 Å². The molecule has 0 saturated carbocycles. The van der Waals surface area contributed by atoms with E-state index in [1.54, 1.807) is 6.07 Å².